The van der Waals surface area contributed by atoms with Crippen molar-refractivity contribution in [2.75, 3.05) is 18.4 Å². The van der Waals surface area contributed by atoms with Crippen molar-refractivity contribution in [3.8, 4) is 0 Å². The minimum absolute atomic E-state index is 0.0841. The van der Waals surface area contributed by atoms with Crippen LogP contribution in [0.15, 0.2) is 47.8 Å². The zero-order chi connectivity index (χ0) is 20.6. The molecule has 7 nitrogen and oxygen atoms in total. The average Bonchev–Trinajstić information content (AvgIpc) is 3.49. The van der Waals surface area contributed by atoms with Crippen molar-refractivity contribution in [2.45, 2.75) is 32.2 Å². The van der Waals surface area contributed by atoms with Gasteiger partial charge in [0.2, 0.25) is 5.82 Å². The van der Waals surface area contributed by atoms with E-state index in [4.69, 9.17) is 0 Å². The van der Waals surface area contributed by atoms with E-state index in [1.165, 1.54) is 11.3 Å². The number of para-hydroxylation sites is 1. The maximum absolute atomic E-state index is 12.8. The molecule has 2 aliphatic rings. The van der Waals surface area contributed by atoms with Crippen LogP contribution < -0.4 is 5.32 Å². The largest absolute Gasteiger partial charge is 0.337 e. The number of aryl methyl sites for hydroxylation is 1. The Morgan fingerprint density at radius 2 is 1.83 bits per heavy atom. The molecule has 1 spiro atoms. The third kappa shape index (κ3) is 3.52. The number of carbonyl (C=O) groups excluding carboxylic acids is 2. The number of nitrogens with one attached hydrogen (secondary N) is 1. The molecule has 1 saturated heterocycles. The number of rotatable bonds is 3. The molecule has 1 aromatic carbocycles. The van der Waals surface area contributed by atoms with Crippen LogP contribution in [0.3, 0.4) is 0 Å². The van der Waals surface area contributed by atoms with Crippen LogP contribution in [0, 0.1) is 5.41 Å². The number of likely N-dealkylation sites (tertiary alicyclic amines) is 1. The third-order valence-electron chi connectivity index (χ3n) is 6.26. The topological polar surface area (TPSA) is 80.1 Å². The molecule has 1 N–H and O–H groups in total. The molecule has 5 rings (SSSR count). The van der Waals surface area contributed by atoms with Crippen molar-refractivity contribution >= 4 is 28.8 Å². The van der Waals surface area contributed by atoms with Gasteiger partial charge in [0.15, 0.2) is 0 Å². The Hall–Kier alpha value is -3.00. The molecule has 4 heterocycles. The number of fused-ring (bicyclic) bond motifs is 1. The summed E-state index contributed by atoms with van der Waals surface area (Å²) < 4.78 is 1.96. The Bertz CT molecular complexity index is 1060. The van der Waals surface area contributed by atoms with Gasteiger partial charge in [0.1, 0.15) is 5.82 Å². The van der Waals surface area contributed by atoms with Gasteiger partial charge in [0, 0.05) is 31.7 Å². The highest BCUT2D eigenvalue weighted by molar-refractivity contribution is 7.12. The van der Waals surface area contributed by atoms with Crippen LogP contribution in [0.25, 0.3) is 0 Å². The number of hydrogen-bond acceptors (Lipinski definition) is 5. The highest BCUT2D eigenvalue weighted by atomic mass is 32.1. The van der Waals surface area contributed by atoms with Crippen molar-refractivity contribution in [1.29, 1.82) is 0 Å². The molecule has 2 aromatic heterocycles. The molecule has 1 fully saturated rings. The van der Waals surface area contributed by atoms with Gasteiger partial charge in [-0.05, 0) is 48.3 Å². The maximum atomic E-state index is 12.8. The van der Waals surface area contributed by atoms with Crippen LogP contribution in [0.1, 0.15) is 45.4 Å². The summed E-state index contributed by atoms with van der Waals surface area (Å²) in [4.78, 5) is 28.3. The Morgan fingerprint density at radius 1 is 1.00 bits per heavy atom. The molecule has 1 unspecified atom stereocenters. The highest BCUT2D eigenvalue weighted by Crippen LogP contribution is 2.41. The number of carbonyl (C=O) groups is 2. The zero-order valence-electron chi connectivity index (χ0n) is 16.6. The zero-order valence-corrected chi connectivity index (χ0v) is 17.4. The summed E-state index contributed by atoms with van der Waals surface area (Å²) in [5.41, 5.74) is 0.823. The van der Waals surface area contributed by atoms with E-state index in [0.717, 1.165) is 55.2 Å². The van der Waals surface area contributed by atoms with Gasteiger partial charge >= 0.3 is 0 Å². The van der Waals surface area contributed by atoms with Crippen molar-refractivity contribution in [1.82, 2.24) is 19.7 Å². The van der Waals surface area contributed by atoms with Crippen LogP contribution in [-0.2, 0) is 13.0 Å². The first-order valence-electron chi connectivity index (χ1n) is 10.2. The molecule has 0 aliphatic carbocycles. The fourth-order valence-electron chi connectivity index (χ4n) is 4.56. The molecule has 0 radical (unpaired) electrons. The Balaban J connectivity index is 1.29. The molecule has 2 amide bonds. The monoisotopic (exact) mass is 421 g/mol. The van der Waals surface area contributed by atoms with Crippen molar-refractivity contribution in [3.05, 3.63) is 64.4 Å². The minimum atomic E-state index is -0.239. The number of hydrogen-bond donors (Lipinski definition) is 1. The SMILES string of the molecule is O=C(Nc1ccccc1)c1nnc2n1CCC1(CC2)CCN(C(=O)c2cccs2)C1. The molecule has 2 aliphatic heterocycles. The normalized spacial score (nSPS) is 20.7. The van der Waals surface area contributed by atoms with E-state index >= 15 is 0 Å². The molecular weight excluding hydrogens is 398 g/mol. The standard InChI is InChI=1S/C22H23N5O2S/c28-20(23-16-5-2-1-3-6-16)19-25-24-18-8-9-22(11-13-27(18)19)10-12-26(15-22)21(29)17-7-4-14-30-17/h1-7,14H,8-13,15H2,(H,23,28). The lowest BCUT2D eigenvalue weighted by Gasteiger charge is -2.27. The van der Waals surface area contributed by atoms with Gasteiger partial charge in [-0.2, -0.15) is 0 Å². The van der Waals surface area contributed by atoms with E-state index < -0.39 is 0 Å². The summed E-state index contributed by atoms with van der Waals surface area (Å²) in [6.45, 7) is 2.26. The average molecular weight is 422 g/mol. The third-order valence-corrected chi connectivity index (χ3v) is 7.12. The summed E-state index contributed by atoms with van der Waals surface area (Å²) in [6.07, 6.45) is 3.64. The molecule has 154 valence electrons. The van der Waals surface area contributed by atoms with Crippen LogP contribution in [-0.4, -0.2) is 44.6 Å². The summed E-state index contributed by atoms with van der Waals surface area (Å²) in [6, 6.07) is 13.2. The van der Waals surface area contributed by atoms with E-state index in [2.05, 4.69) is 15.5 Å². The first-order chi connectivity index (χ1) is 14.6. The van der Waals surface area contributed by atoms with Gasteiger partial charge in [-0.3, -0.25) is 9.59 Å². The van der Waals surface area contributed by atoms with Gasteiger partial charge in [-0.1, -0.05) is 24.3 Å². The number of nitrogens with zero attached hydrogens (tertiary/aromatic N) is 4. The summed E-state index contributed by atoms with van der Waals surface area (Å²) in [5, 5.41) is 13.3. The maximum Gasteiger partial charge on any atom is 0.293 e. The molecule has 8 heteroatoms. The number of anilines is 1. The molecule has 0 saturated carbocycles. The first-order valence-corrected chi connectivity index (χ1v) is 11.1. The van der Waals surface area contributed by atoms with E-state index in [9.17, 15) is 9.59 Å². The van der Waals surface area contributed by atoms with Gasteiger partial charge in [-0.15, -0.1) is 21.5 Å². The number of benzene rings is 1. The summed E-state index contributed by atoms with van der Waals surface area (Å²) in [7, 11) is 0. The Labute approximate surface area is 178 Å². The van der Waals surface area contributed by atoms with Crippen molar-refractivity contribution in [2.24, 2.45) is 5.41 Å². The van der Waals surface area contributed by atoms with Gasteiger partial charge < -0.3 is 14.8 Å². The quantitative estimate of drug-likeness (QED) is 0.702. The second-order valence-electron chi connectivity index (χ2n) is 8.12. The highest BCUT2D eigenvalue weighted by Gasteiger charge is 2.41. The number of aromatic nitrogens is 3. The lowest BCUT2D eigenvalue weighted by atomic mass is 9.80. The van der Waals surface area contributed by atoms with E-state index in [1.54, 1.807) is 0 Å². The number of amides is 2. The van der Waals surface area contributed by atoms with Gasteiger partial charge in [0.05, 0.1) is 4.88 Å². The fraction of sp³-hybridized carbons (Fsp3) is 0.364. The lowest BCUT2D eigenvalue weighted by Crippen LogP contribution is -2.32. The minimum Gasteiger partial charge on any atom is -0.337 e. The predicted octanol–water partition coefficient (Wildman–Crippen LogP) is 3.46. The fourth-order valence-corrected chi connectivity index (χ4v) is 5.25. The van der Waals surface area contributed by atoms with Crippen molar-refractivity contribution in [3.63, 3.8) is 0 Å². The second kappa shape index (κ2) is 7.68. The molecule has 30 heavy (non-hydrogen) atoms. The summed E-state index contributed by atoms with van der Waals surface area (Å²) in [5.74, 6) is 1.11. The molecule has 3 aromatic rings. The van der Waals surface area contributed by atoms with Crippen LogP contribution >= 0.6 is 11.3 Å². The van der Waals surface area contributed by atoms with Crippen molar-refractivity contribution < 1.29 is 9.59 Å². The van der Waals surface area contributed by atoms with Gasteiger partial charge in [-0.25, -0.2) is 0 Å². The van der Waals surface area contributed by atoms with E-state index in [1.807, 2.05) is 57.3 Å². The molecule has 1 atom stereocenters. The first kappa shape index (κ1) is 19.0. The predicted molar refractivity (Wildman–Crippen MR) is 115 cm³/mol. The molecule has 0 bridgehead atoms. The van der Waals surface area contributed by atoms with Crippen LogP contribution in [0.2, 0.25) is 0 Å². The Morgan fingerprint density at radius 3 is 2.63 bits per heavy atom. The smallest absolute Gasteiger partial charge is 0.293 e. The van der Waals surface area contributed by atoms with Crippen LogP contribution in [0.4, 0.5) is 5.69 Å². The van der Waals surface area contributed by atoms with Gasteiger partial charge in [0.25, 0.3) is 11.8 Å². The van der Waals surface area contributed by atoms with E-state index in [-0.39, 0.29) is 17.2 Å². The Kier molecular flexibility index (Phi) is 4.86. The van der Waals surface area contributed by atoms with Crippen LogP contribution in [0.5, 0.6) is 0 Å². The second-order valence-corrected chi connectivity index (χ2v) is 9.06. The number of thiophene rings is 1. The van der Waals surface area contributed by atoms with E-state index in [0.29, 0.717) is 12.4 Å². The lowest BCUT2D eigenvalue weighted by molar-refractivity contribution is 0.0772. The summed E-state index contributed by atoms with van der Waals surface area (Å²) >= 11 is 1.50. The molecular formula is C22H23N5O2S.